The van der Waals surface area contributed by atoms with Crippen LogP contribution >= 0.6 is 0 Å². The molecular formula is C11H16N2O4. The van der Waals surface area contributed by atoms with Crippen LogP contribution < -0.4 is 0 Å². The average Bonchev–Trinajstić information content (AvgIpc) is 3.01. The zero-order valence-corrected chi connectivity index (χ0v) is 9.59. The van der Waals surface area contributed by atoms with Crippen LogP contribution in [0.2, 0.25) is 0 Å². The fourth-order valence-electron chi connectivity index (χ4n) is 2.08. The summed E-state index contributed by atoms with van der Waals surface area (Å²) in [4.78, 5) is 36.9. The van der Waals surface area contributed by atoms with E-state index in [4.69, 9.17) is 5.11 Å². The minimum atomic E-state index is -1.00. The number of aliphatic carboxylic acids is 1. The number of likely N-dealkylation sites (tertiary alicyclic amines) is 1. The van der Waals surface area contributed by atoms with E-state index in [1.165, 1.54) is 9.80 Å². The van der Waals surface area contributed by atoms with Crippen LogP contribution in [0.5, 0.6) is 0 Å². The highest BCUT2D eigenvalue weighted by molar-refractivity contribution is 5.88. The lowest BCUT2D eigenvalue weighted by Gasteiger charge is -2.23. The first-order chi connectivity index (χ1) is 8.08. The van der Waals surface area contributed by atoms with Gasteiger partial charge in [0, 0.05) is 19.0 Å². The summed E-state index contributed by atoms with van der Waals surface area (Å²) < 4.78 is 0. The van der Waals surface area contributed by atoms with Crippen molar-refractivity contribution in [3.63, 3.8) is 0 Å². The molecule has 0 radical (unpaired) electrons. The fraction of sp³-hybridized carbons (Fsp3) is 0.727. The molecular weight excluding hydrogens is 224 g/mol. The molecule has 1 saturated carbocycles. The molecule has 2 fully saturated rings. The van der Waals surface area contributed by atoms with Crippen molar-refractivity contribution in [2.45, 2.75) is 31.7 Å². The number of amides is 2. The van der Waals surface area contributed by atoms with Crippen LogP contribution in [-0.4, -0.2) is 58.4 Å². The molecule has 0 aromatic rings. The van der Waals surface area contributed by atoms with Crippen LogP contribution in [0, 0.1) is 0 Å². The van der Waals surface area contributed by atoms with Gasteiger partial charge >= 0.3 is 5.97 Å². The highest BCUT2D eigenvalue weighted by Gasteiger charge is 2.35. The van der Waals surface area contributed by atoms with E-state index in [1.807, 2.05) is 0 Å². The number of carbonyl (C=O) groups is 3. The van der Waals surface area contributed by atoms with E-state index in [1.54, 1.807) is 0 Å². The van der Waals surface area contributed by atoms with Gasteiger partial charge in [0.2, 0.25) is 11.8 Å². The van der Waals surface area contributed by atoms with E-state index in [0.717, 1.165) is 19.3 Å². The lowest BCUT2D eigenvalue weighted by atomic mass is 10.4. The van der Waals surface area contributed by atoms with Gasteiger partial charge in [-0.1, -0.05) is 0 Å². The summed E-state index contributed by atoms with van der Waals surface area (Å²) >= 11 is 0. The molecule has 1 aliphatic carbocycles. The standard InChI is InChI=1S/C11H16N2O4/c14-9-2-1-5-12(9)6-10(15)13(7-11(16)17)8-3-4-8/h8H,1-7H2,(H,16,17). The summed E-state index contributed by atoms with van der Waals surface area (Å²) in [7, 11) is 0. The monoisotopic (exact) mass is 240 g/mol. The Morgan fingerprint density at radius 1 is 1.41 bits per heavy atom. The summed E-state index contributed by atoms with van der Waals surface area (Å²) in [5, 5.41) is 8.75. The van der Waals surface area contributed by atoms with Crippen molar-refractivity contribution < 1.29 is 19.5 Å². The number of hydrogen-bond acceptors (Lipinski definition) is 3. The maximum atomic E-state index is 11.9. The van der Waals surface area contributed by atoms with Gasteiger partial charge in [0.05, 0.1) is 6.54 Å². The summed E-state index contributed by atoms with van der Waals surface area (Å²) in [6.07, 6.45) is 3.02. The van der Waals surface area contributed by atoms with Gasteiger partial charge in [-0.2, -0.15) is 0 Å². The molecule has 94 valence electrons. The average molecular weight is 240 g/mol. The van der Waals surface area contributed by atoms with E-state index >= 15 is 0 Å². The minimum Gasteiger partial charge on any atom is -0.480 e. The van der Waals surface area contributed by atoms with Gasteiger partial charge in [-0.3, -0.25) is 14.4 Å². The number of nitrogens with zero attached hydrogens (tertiary/aromatic N) is 2. The molecule has 1 saturated heterocycles. The molecule has 0 aromatic carbocycles. The van der Waals surface area contributed by atoms with Crippen LogP contribution in [0.3, 0.4) is 0 Å². The van der Waals surface area contributed by atoms with Crippen molar-refractivity contribution in [1.82, 2.24) is 9.80 Å². The molecule has 0 atom stereocenters. The number of carboxylic acid groups (broad SMARTS) is 1. The van der Waals surface area contributed by atoms with Crippen molar-refractivity contribution in [2.75, 3.05) is 19.6 Å². The predicted octanol–water partition coefficient (Wildman–Crippen LogP) is -0.316. The van der Waals surface area contributed by atoms with E-state index in [-0.39, 0.29) is 30.9 Å². The molecule has 0 spiro atoms. The Bertz CT molecular complexity index is 351. The van der Waals surface area contributed by atoms with Crippen LogP contribution in [-0.2, 0) is 14.4 Å². The molecule has 6 heteroatoms. The van der Waals surface area contributed by atoms with E-state index < -0.39 is 5.97 Å². The largest absolute Gasteiger partial charge is 0.480 e. The quantitative estimate of drug-likeness (QED) is 0.714. The third kappa shape index (κ3) is 2.95. The lowest BCUT2D eigenvalue weighted by Crippen LogP contribution is -2.44. The molecule has 6 nitrogen and oxygen atoms in total. The van der Waals surface area contributed by atoms with Gasteiger partial charge < -0.3 is 14.9 Å². The molecule has 0 unspecified atom stereocenters. The Labute approximate surface area is 99.2 Å². The highest BCUT2D eigenvalue weighted by Crippen LogP contribution is 2.27. The van der Waals surface area contributed by atoms with Gasteiger partial charge in [-0.15, -0.1) is 0 Å². The topological polar surface area (TPSA) is 77.9 Å². The zero-order valence-electron chi connectivity index (χ0n) is 9.59. The number of carboxylic acids is 1. The van der Waals surface area contributed by atoms with Crippen molar-refractivity contribution in [2.24, 2.45) is 0 Å². The molecule has 2 amide bonds. The molecule has 0 bridgehead atoms. The Morgan fingerprint density at radius 3 is 2.59 bits per heavy atom. The van der Waals surface area contributed by atoms with E-state index in [0.29, 0.717) is 13.0 Å². The maximum Gasteiger partial charge on any atom is 0.323 e. The molecule has 0 aromatic heterocycles. The number of hydrogen-bond donors (Lipinski definition) is 1. The SMILES string of the molecule is O=C(O)CN(C(=O)CN1CCCC1=O)C1CC1. The Morgan fingerprint density at radius 2 is 2.12 bits per heavy atom. The molecule has 2 rings (SSSR count). The second-order valence-electron chi connectivity index (χ2n) is 4.57. The fourth-order valence-corrected chi connectivity index (χ4v) is 2.08. The van der Waals surface area contributed by atoms with E-state index in [2.05, 4.69) is 0 Å². The predicted molar refractivity (Wildman–Crippen MR) is 58.2 cm³/mol. The van der Waals surface area contributed by atoms with Crippen molar-refractivity contribution >= 4 is 17.8 Å². The van der Waals surface area contributed by atoms with Crippen LogP contribution in [0.1, 0.15) is 25.7 Å². The smallest absolute Gasteiger partial charge is 0.323 e. The van der Waals surface area contributed by atoms with E-state index in [9.17, 15) is 14.4 Å². The van der Waals surface area contributed by atoms with Crippen molar-refractivity contribution in [1.29, 1.82) is 0 Å². The normalized spacial score (nSPS) is 19.5. The molecule has 1 N–H and O–H groups in total. The third-order valence-corrected chi connectivity index (χ3v) is 3.11. The van der Waals surface area contributed by atoms with Crippen molar-refractivity contribution in [3.8, 4) is 0 Å². The van der Waals surface area contributed by atoms with Gasteiger partial charge in [-0.25, -0.2) is 0 Å². The van der Waals surface area contributed by atoms with Gasteiger partial charge in [-0.05, 0) is 19.3 Å². The zero-order chi connectivity index (χ0) is 12.4. The maximum absolute atomic E-state index is 11.9. The first kappa shape index (κ1) is 11.9. The van der Waals surface area contributed by atoms with Crippen LogP contribution in [0.4, 0.5) is 0 Å². The summed E-state index contributed by atoms with van der Waals surface area (Å²) in [5.41, 5.74) is 0. The second-order valence-corrected chi connectivity index (χ2v) is 4.57. The number of carbonyl (C=O) groups excluding carboxylic acids is 2. The van der Waals surface area contributed by atoms with Crippen molar-refractivity contribution in [3.05, 3.63) is 0 Å². The molecule has 1 heterocycles. The first-order valence-electron chi connectivity index (χ1n) is 5.87. The summed E-state index contributed by atoms with van der Waals surface area (Å²) in [6.45, 7) is 0.379. The highest BCUT2D eigenvalue weighted by atomic mass is 16.4. The molecule has 2 aliphatic rings. The van der Waals surface area contributed by atoms with Gasteiger partial charge in [0.1, 0.15) is 6.54 Å². The molecule has 1 aliphatic heterocycles. The Kier molecular flexibility index (Phi) is 3.31. The summed E-state index contributed by atoms with van der Waals surface area (Å²) in [5.74, 6) is -1.26. The Hall–Kier alpha value is -1.59. The first-order valence-corrected chi connectivity index (χ1v) is 5.87. The van der Waals surface area contributed by atoms with Gasteiger partial charge in [0.15, 0.2) is 0 Å². The Balaban J connectivity index is 1.91. The second kappa shape index (κ2) is 4.73. The van der Waals surface area contributed by atoms with Gasteiger partial charge in [0.25, 0.3) is 0 Å². The minimum absolute atomic E-state index is 0.00979. The third-order valence-electron chi connectivity index (χ3n) is 3.11. The van der Waals surface area contributed by atoms with Crippen LogP contribution in [0.15, 0.2) is 0 Å². The van der Waals surface area contributed by atoms with Crippen LogP contribution in [0.25, 0.3) is 0 Å². The summed E-state index contributed by atoms with van der Waals surface area (Å²) in [6, 6.07) is 0.0660. The lowest BCUT2D eigenvalue weighted by molar-refractivity contribution is -0.146. The molecule has 17 heavy (non-hydrogen) atoms. The number of rotatable bonds is 5.